The van der Waals surface area contributed by atoms with Gasteiger partial charge in [0.2, 0.25) is 17.1 Å². The van der Waals surface area contributed by atoms with Gasteiger partial charge in [-0.3, -0.25) is 4.79 Å². The van der Waals surface area contributed by atoms with Gasteiger partial charge in [0.05, 0.1) is 30.0 Å². The number of imidazole rings is 1. The number of aliphatic carboxylic acids is 1. The van der Waals surface area contributed by atoms with Crippen LogP contribution in [0, 0.1) is 11.8 Å². The van der Waals surface area contributed by atoms with Crippen molar-refractivity contribution in [1.29, 1.82) is 0 Å². The summed E-state index contributed by atoms with van der Waals surface area (Å²) in [7, 11) is 2.00. The van der Waals surface area contributed by atoms with Crippen LogP contribution in [0.1, 0.15) is 31.3 Å². The highest BCUT2D eigenvalue weighted by Crippen LogP contribution is 2.51. The number of carbonyl (C=O) groups excluding carboxylic acids is 1. The second kappa shape index (κ2) is 6.85. The largest absolute Gasteiger partial charge is 1.00 e. The summed E-state index contributed by atoms with van der Waals surface area (Å²) in [6, 6.07) is -0.285. The van der Waals surface area contributed by atoms with Gasteiger partial charge in [0.15, 0.2) is 5.69 Å². The molecule has 2 aliphatic heterocycles. The van der Waals surface area contributed by atoms with Gasteiger partial charge >= 0.3 is 5.97 Å². The van der Waals surface area contributed by atoms with E-state index in [4.69, 9.17) is 0 Å². The van der Waals surface area contributed by atoms with Crippen molar-refractivity contribution < 1.29 is 48.2 Å². The summed E-state index contributed by atoms with van der Waals surface area (Å²) in [4.78, 5) is 27.7. The van der Waals surface area contributed by atoms with Gasteiger partial charge in [-0.1, -0.05) is 25.2 Å². The molecule has 27 heavy (non-hydrogen) atoms. The van der Waals surface area contributed by atoms with Crippen LogP contribution in [0.15, 0.2) is 18.2 Å². The number of halogens is 1. The Morgan fingerprint density at radius 3 is 2.67 bits per heavy atom. The fourth-order valence-electron chi connectivity index (χ4n) is 4.49. The molecule has 0 radical (unpaired) electrons. The Hall–Kier alpha value is -1.46. The fraction of sp³-hybridized carbons (Fsp3) is 0.500. The lowest BCUT2D eigenvalue weighted by molar-refractivity contribution is -0.508. The molecule has 2 N–H and O–H groups in total. The molecule has 0 spiro atoms. The molecule has 4 rings (SSSR count). The number of aromatic nitrogens is 2. The van der Waals surface area contributed by atoms with E-state index in [-0.39, 0.29) is 47.5 Å². The van der Waals surface area contributed by atoms with Crippen molar-refractivity contribution in [3.05, 3.63) is 28.8 Å². The van der Waals surface area contributed by atoms with E-state index in [2.05, 4.69) is 11.5 Å². The average Bonchev–Trinajstić information content (AvgIpc) is 3.14. The molecule has 0 bridgehead atoms. The van der Waals surface area contributed by atoms with E-state index in [1.807, 2.05) is 30.9 Å². The van der Waals surface area contributed by atoms with Gasteiger partial charge < -0.3 is 39.1 Å². The highest BCUT2D eigenvalue weighted by molar-refractivity contribution is 7.18. The number of β-lactam (4-membered cyclic amide) rings is 1. The Balaban J connectivity index is 0.00000210. The van der Waals surface area contributed by atoms with Crippen LogP contribution in [-0.2, 0) is 23.1 Å². The lowest BCUT2D eigenvalue weighted by Crippen LogP contribution is -3.00. The second-order valence-electron chi connectivity index (χ2n) is 7.16. The Morgan fingerprint density at radius 1 is 1.44 bits per heavy atom. The Kier molecular flexibility index (Phi) is 5.15. The molecule has 2 aliphatic rings. The second-order valence-corrected chi connectivity index (χ2v) is 8.19. The first-order valence-electron chi connectivity index (χ1n) is 8.75. The number of carboxylic acids is 1. The van der Waals surface area contributed by atoms with Crippen molar-refractivity contribution in [1.82, 2.24) is 9.47 Å². The third-order valence-electron chi connectivity index (χ3n) is 5.64. The van der Waals surface area contributed by atoms with Crippen LogP contribution in [0.3, 0.4) is 0 Å². The predicted octanol–water partition coefficient (Wildman–Crippen LogP) is -1.96. The molecular formula is C18H22IN3O4S. The number of hydrogen-bond donors (Lipinski definition) is 2. The highest BCUT2D eigenvalue weighted by Gasteiger charge is 2.60. The van der Waals surface area contributed by atoms with Gasteiger partial charge in [-0.2, -0.15) is 4.40 Å². The van der Waals surface area contributed by atoms with Crippen molar-refractivity contribution in [2.45, 2.75) is 39.3 Å². The number of aliphatic hydroxyl groups excluding tert-OH is 1. The minimum atomic E-state index is -1.09. The first-order chi connectivity index (χ1) is 12.3. The fourth-order valence-corrected chi connectivity index (χ4v) is 5.87. The van der Waals surface area contributed by atoms with E-state index in [1.54, 1.807) is 18.3 Å². The van der Waals surface area contributed by atoms with Crippen LogP contribution in [-0.4, -0.2) is 43.7 Å². The third kappa shape index (κ3) is 2.65. The van der Waals surface area contributed by atoms with E-state index < -0.39 is 18.0 Å². The zero-order valence-corrected chi connectivity index (χ0v) is 18.5. The molecule has 2 aromatic heterocycles. The maximum Gasteiger partial charge on any atom is 0.352 e. The maximum atomic E-state index is 12.5. The molecule has 146 valence electrons. The lowest BCUT2D eigenvalue weighted by atomic mass is 9.77. The zero-order valence-electron chi connectivity index (χ0n) is 15.5. The van der Waals surface area contributed by atoms with Crippen molar-refractivity contribution in [3.63, 3.8) is 0 Å². The van der Waals surface area contributed by atoms with Crippen LogP contribution >= 0.6 is 11.3 Å². The van der Waals surface area contributed by atoms with E-state index in [0.717, 1.165) is 16.1 Å². The van der Waals surface area contributed by atoms with Gasteiger partial charge in [0.1, 0.15) is 11.9 Å². The van der Waals surface area contributed by atoms with E-state index in [1.165, 1.54) is 10.6 Å². The molecule has 9 heteroatoms. The molecule has 4 atom stereocenters. The maximum absolute atomic E-state index is 12.5. The number of hydrogen-bond acceptors (Lipinski definition) is 4. The molecular weight excluding hydrogens is 481 g/mol. The molecule has 0 aromatic carbocycles. The average molecular weight is 503 g/mol. The summed E-state index contributed by atoms with van der Waals surface area (Å²) >= 11 is 1.55. The van der Waals surface area contributed by atoms with Crippen molar-refractivity contribution >= 4 is 33.6 Å². The molecule has 0 aliphatic carbocycles. The molecule has 0 unspecified atom stereocenters. The van der Waals surface area contributed by atoms with Crippen molar-refractivity contribution in [3.8, 4) is 0 Å². The van der Waals surface area contributed by atoms with Crippen LogP contribution in [0.25, 0.3) is 10.4 Å². The van der Waals surface area contributed by atoms with Gasteiger partial charge in [-0.15, -0.1) is 0 Å². The summed E-state index contributed by atoms with van der Waals surface area (Å²) in [5.74, 6) is -2.06. The molecule has 1 fully saturated rings. The normalized spacial score (nSPS) is 25.4. The first-order valence-corrected chi connectivity index (χ1v) is 9.57. The Labute approximate surface area is 177 Å². The SMILES string of the molecule is CCc1c2sc(C3=C(C(=O)O)N4C(=O)[C@H]([C@@H](C)O)[C@H]4[C@H]3C)c[n+]2cn1C.[I-]. The minimum Gasteiger partial charge on any atom is -1.00 e. The monoisotopic (exact) mass is 503 g/mol. The molecule has 0 saturated carbocycles. The number of nitrogens with zero attached hydrogens (tertiary/aromatic N) is 3. The number of carboxylic acid groups (broad SMARTS) is 1. The van der Waals surface area contributed by atoms with Crippen molar-refractivity contribution in [2.24, 2.45) is 18.9 Å². The van der Waals surface area contributed by atoms with Crippen LogP contribution in [0.4, 0.5) is 0 Å². The van der Waals surface area contributed by atoms with Gasteiger partial charge in [-0.25, -0.2) is 9.36 Å². The van der Waals surface area contributed by atoms with Crippen molar-refractivity contribution in [2.75, 3.05) is 0 Å². The number of aliphatic hydroxyl groups is 1. The van der Waals surface area contributed by atoms with E-state index >= 15 is 0 Å². The van der Waals surface area contributed by atoms with E-state index in [0.29, 0.717) is 5.57 Å². The highest BCUT2D eigenvalue weighted by atomic mass is 127. The molecule has 7 nitrogen and oxygen atoms in total. The summed E-state index contributed by atoms with van der Waals surface area (Å²) in [6.45, 7) is 5.63. The number of fused-ring (bicyclic) bond motifs is 2. The zero-order chi connectivity index (χ0) is 18.9. The number of aryl methyl sites for hydroxylation is 2. The van der Waals surface area contributed by atoms with Gasteiger partial charge in [0, 0.05) is 17.9 Å². The quantitative estimate of drug-likeness (QED) is 0.289. The summed E-state index contributed by atoms with van der Waals surface area (Å²) in [5, 5.41) is 19.7. The van der Waals surface area contributed by atoms with Crippen LogP contribution in [0.2, 0.25) is 0 Å². The molecule has 2 aromatic rings. The number of amides is 1. The Bertz CT molecular complexity index is 977. The predicted molar refractivity (Wildman–Crippen MR) is 95.4 cm³/mol. The standard InChI is InChI=1S/C18H21N3O4S.HI/c1-5-10-17-20(7-19(10)4)6-11(26-17)12-8(2)14-13(9(3)22)16(23)21(14)15(12)18(24)25;/h6-9,13-14,22H,5H2,1-4H3;1H/t8-,9+,13+,14+;/m0./s1. The summed E-state index contributed by atoms with van der Waals surface area (Å²) < 4.78 is 4.09. The van der Waals surface area contributed by atoms with Gasteiger partial charge in [-0.05, 0) is 6.92 Å². The first kappa shape index (κ1) is 20.3. The number of rotatable bonds is 4. The topological polar surface area (TPSA) is 86.9 Å². The number of carbonyl (C=O) groups is 2. The summed E-state index contributed by atoms with van der Waals surface area (Å²) in [6.07, 6.45) is 4.02. The lowest BCUT2D eigenvalue weighted by Gasteiger charge is -2.46. The third-order valence-corrected chi connectivity index (χ3v) is 6.83. The van der Waals surface area contributed by atoms with Crippen LogP contribution < -0.4 is 28.4 Å². The van der Waals surface area contributed by atoms with Crippen LogP contribution in [0.5, 0.6) is 0 Å². The molecule has 1 saturated heterocycles. The summed E-state index contributed by atoms with van der Waals surface area (Å²) in [5.41, 5.74) is 1.94. The number of thiazole rings is 1. The smallest absolute Gasteiger partial charge is 0.352 e. The molecule has 4 heterocycles. The Morgan fingerprint density at radius 2 is 2.11 bits per heavy atom. The molecule has 1 amide bonds. The van der Waals surface area contributed by atoms with E-state index in [9.17, 15) is 19.8 Å². The minimum absolute atomic E-state index is 0. The van der Waals surface area contributed by atoms with Gasteiger partial charge in [0.25, 0.3) is 0 Å².